The van der Waals surface area contributed by atoms with Crippen LogP contribution in [0.1, 0.15) is 4.88 Å². The predicted molar refractivity (Wildman–Crippen MR) is 83.2 cm³/mol. The molecule has 2 saturated heterocycles. The summed E-state index contributed by atoms with van der Waals surface area (Å²) >= 11 is 8.96. The zero-order chi connectivity index (χ0) is 12.5. The first-order chi connectivity index (χ1) is 8.72. The van der Waals surface area contributed by atoms with E-state index in [0.29, 0.717) is 0 Å². The molecule has 100 valence electrons. The van der Waals surface area contributed by atoms with Gasteiger partial charge < -0.3 is 5.32 Å². The largest absolute Gasteiger partial charge is 0.314 e. The van der Waals surface area contributed by atoms with Crippen LogP contribution in [0.5, 0.6) is 0 Å². The smallest absolute Gasteiger partial charge is 0.0843 e. The van der Waals surface area contributed by atoms with Crippen LogP contribution in [0.15, 0.2) is 14.3 Å². The zero-order valence-corrected chi connectivity index (χ0v) is 14.2. The van der Waals surface area contributed by atoms with E-state index in [-0.39, 0.29) is 0 Å². The van der Waals surface area contributed by atoms with Crippen molar-refractivity contribution in [3.05, 3.63) is 19.2 Å². The van der Waals surface area contributed by atoms with Crippen molar-refractivity contribution in [2.45, 2.75) is 12.6 Å². The molecule has 0 amide bonds. The molecule has 3 nitrogen and oxygen atoms in total. The molecule has 1 aromatic rings. The van der Waals surface area contributed by atoms with E-state index in [1.165, 1.54) is 52.4 Å². The van der Waals surface area contributed by atoms with Crippen molar-refractivity contribution in [2.24, 2.45) is 0 Å². The number of nitrogens with zero attached hydrogens (tertiary/aromatic N) is 2. The van der Waals surface area contributed by atoms with Crippen LogP contribution in [0.2, 0.25) is 0 Å². The van der Waals surface area contributed by atoms with E-state index in [4.69, 9.17) is 0 Å². The Hall–Kier alpha value is 0.540. The Morgan fingerprint density at radius 3 is 2.44 bits per heavy atom. The van der Waals surface area contributed by atoms with Crippen LogP contribution >= 0.6 is 43.2 Å². The Bertz CT molecular complexity index is 392. The molecule has 2 aliphatic rings. The molecule has 0 saturated carbocycles. The molecule has 0 spiro atoms. The molecule has 0 radical (unpaired) electrons. The summed E-state index contributed by atoms with van der Waals surface area (Å²) in [4.78, 5) is 6.63. The van der Waals surface area contributed by atoms with Gasteiger partial charge in [-0.1, -0.05) is 0 Å². The van der Waals surface area contributed by atoms with Crippen LogP contribution in [0, 0.1) is 0 Å². The molecule has 0 aliphatic carbocycles. The first-order valence-corrected chi connectivity index (χ1v) is 8.73. The Kier molecular flexibility index (Phi) is 4.42. The highest BCUT2D eigenvalue weighted by molar-refractivity contribution is 9.13. The molecule has 3 heterocycles. The topological polar surface area (TPSA) is 18.5 Å². The molecule has 0 bridgehead atoms. The third-order valence-electron chi connectivity index (χ3n) is 3.76. The van der Waals surface area contributed by atoms with Gasteiger partial charge in [0, 0.05) is 61.2 Å². The Morgan fingerprint density at radius 1 is 1.22 bits per heavy atom. The first kappa shape index (κ1) is 13.5. The Labute approximate surface area is 129 Å². The van der Waals surface area contributed by atoms with E-state index in [2.05, 4.69) is 53.0 Å². The number of thiophene rings is 1. The highest BCUT2D eigenvalue weighted by Crippen LogP contribution is 2.33. The van der Waals surface area contributed by atoms with E-state index in [1.807, 2.05) is 11.3 Å². The van der Waals surface area contributed by atoms with Gasteiger partial charge >= 0.3 is 0 Å². The van der Waals surface area contributed by atoms with Gasteiger partial charge in [0.05, 0.1) is 3.79 Å². The minimum absolute atomic E-state index is 0.803. The lowest BCUT2D eigenvalue weighted by atomic mass is 10.1. The van der Waals surface area contributed by atoms with Crippen LogP contribution in [-0.2, 0) is 6.54 Å². The number of hydrogen-bond acceptors (Lipinski definition) is 4. The molecule has 0 unspecified atom stereocenters. The molecule has 3 rings (SSSR count). The average Bonchev–Trinajstić information content (AvgIpc) is 2.58. The third kappa shape index (κ3) is 2.99. The van der Waals surface area contributed by atoms with Crippen LogP contribution in [0.25, 0.3) is 0 Å². The Balaban J connectivity index is 1.50. The van der Waals surface area contributed by atoms with Gasteiger partial charge in [0.2, 0.25) is 0 Å². The van der Waals surface area contributed by atoms with Gasteiger partial charge in [0.15, 0.2) is 0 Å². The van der Waals surface area contributed by atoms with E-state index in [9.17, 15) is 0 Å². The van der Waals surface area contributed by atoms with Gasteiger partial charge in [-0.25, -0.2) is 0 Å². The maximum atomic E-state index is 3.56. The molecule has 18 heavy (non-hydrogen) atoms. The molecule has 1 aromatic heterocycles. The molecule has 1 N–H and O–H groups in total. The average molecular weight is 395 g/mol. The van der Waals surface area contributed by atoms with Crippen molar-refractivity contribution in [3.63, 3.8) is 0 Å². The van der Waals surface area contributed by atoms with Gasteiger partial charge in [0.25, 0.3) is 0 Å². The second kappa shape index (κ2) is 5.89. The summed E-state index contributed by atoms with van der Waals surface area (Å²) in [5.41, 5.74) is 0. The van der Waals surface area contributed by atoms with Crippen LogP contribution in [0.3, 0.4) is 0 Å². The van der Waals surface area contributed by atoms with Gasteiger partial charge in [-0.15, -0.1) is 11.3 Å². The fraction of sp³-hybridized carbons (Fsp3) is 0.667. The Morgan fingerprint density at radius 2 is 1.94 bits per heavy atom. The number of piperazine rings is 1. The second-order valence-electron chi connectivity index (χ2n) is 4.96. The van der Waals surface area contributed by atoms with E-state index in [1.54, 1.807) is 0 Å². The minimum Gasteiger partial charge on any atom is -0.314 e. The monoisotopic (exact) mass is 393 g/mol. The third-order valence-corrected chi connectivity index (χ3v) is 7.00. The summed E-state index contributed by atoms with van der Waals surface area (Å²) in [6.45, 7) is 8.30. The van der Waals surface area contributed by atoms with Gasteiger partial charge in [-0.05, 0) is 37.9 Å². The minimum atomic E-state index is 0.803. The van der Waals surface area contributed by atoms with Crippen molar-refractivity contribution in [2.75, 3.05) is 39.3 Å². The molecule has 0 aromatic carbocycles. The SMILES string of the molecule is Brc1cc(CN2CCN(C3CNC3)CC2)sc1Br. The molecular weight excluding hydrogens is 378 g/mol. The van der Waals surface area contributed by atoms with Crippen molar-refractivity contribution < 1.29 is 0 Å². The standard InChI is InChI=1S/C12H17Br2N3S/c13-11-5-10(18-12(11)14)8-16-1-3-17(4-2-16)9-6-15-7-9/h5,9,15H,1-4,6-8H2. The fourth-order valence-electron chi connectivity index (χ4n) is 2.51. The maximum absolute atomic E-state index is 3.56. The summed E-state index contributed by atoms with van der Waals surface area (Å²) < 4.78 is 2.39. The molecular formula is C12H17Br2N3S. The number of halogens is 2. The maximum Gasteiger partial charge on any atom is 0.0843 e. The van der Waals surface area contributed by atoms with Crippen molar-refractivity contribution in [3.8, 4) is 0 Å². The number of rotatable bonds is 3. The summed E-state index contributed by atoms with van der Waals surface area (Å²) in [6, 6.07) is 3.04. The molecule has 6 heteroatoms. The van der Waals surface area contributed by atoms with Crippen molar-refractivity contribution >= 4 is 43.2 Å². The summed E-state index contributed by atoms with van der Waals surface area (Å²) in [6.07, 6.45) is 0. The summed E-state index contributed by atoms with van der Waals surface area (Å²) in [5.74, 6) is 0. The van der Waals surface area contributed by atoms with Gasteiger partial charge in [0.1, 0.15) is 0 Å². The van der Waals surface area contributed by atoms with Crippen LogP contribution in [-0.4, -0.2) is 55.1 Å². The fourth-order valence-corrected chi connectivity index (χ4v) is 4.73. The van der Waals surface area contributed by atoms with Crippen molar-refractivity contribution in [1.29, 1.82) is 0 Å². The predicted octanol–water partition coefficient (Wildman–Crippen LogP) is 2.36. The molecule has 0 atom stereocenters. The molecule has 2 fully saturated rings. The first-order valence-electron chi connectivity index (χ1n) is 6.33. The van der Waals surface area contributed by atoms with Crippen LogP contribution < -0.4 is 5.32 Å². The molecule has 2 aliphatic heterocycles. The summed E-state index contributed by atoms with van der Waals surface area (Å²) in [7, 11) is 0. The number of nitrogens with one attached hydrogen (secondary N) is 1. The normalized spacial score (nSPS) is 23.2. The highest BCUT2D eigenvalue weighted by Gasteiger charge is 2.27. The quantitative estimate of drug-likeness (QED) is 0.848. The zero-order valence-electron chi connectivity index (χ0n) is 10.2. The van der Waals surface area contributed by atoms with Gasteiger partial charge in [-0.2, -0.15) is 0 Å². The van der Waals surface area contributed by atoms with E-state index in [0.717, 1.165) is 12.6 Å². The lowest BCUT2D eigenvalue weighted by Crippen LogP contribution is -2.61. The van der Waals surface area contributed by atoms with E-state index < -0.39 is 0 Å². The highest BCUT2D eigenvalue weighted by atomic mass is 79.9. The van der Waals surface area contributed by atoms with E-state index >= 15 is 0 Å². The van der Waals surface area contributed by atoms with Crippen molar-refractivity contribution in [1.82, 2.24) is 15.1 Å². The lowest BCUT2D eigenvalue weighted by molar-refractivity contribution is 0.0700. The number of hydrogen-bond donors (Lipinski definition) is 1. The van der Waals surface area contributed by atoms with Gasteiger partial charge in [-0.3, -0.25) is 9.80 Å². The second-order valence-corrected chi connectivity index (χ2v) is 8.27. The van der Waals surface area contributed by atoms with Crippen LogP contribution in [0.4, 0.5) is 0 Å². The summed E-state index contributed by atoms with van der Waals surface area (Å²) in [5, 5.41) is 3.35. The lowest BCUT2D eigenvalue weighted by Gasteiger charge is -2.43.